The van der Waals surface area contributed by atoms with E-state index in [4.69, 9.17) is 9.84 Å². The largest absolute Gasteiger partial charge is 0.481 e. The Morgan fingerprint density at radius 2 is 2.30 bits per heavy atom. The highest BCUT2D eigenvalue weighted by Crippen LogP contribution is 2.28. The third kappa shape index (κ3) is 3.20. The van der Waals surface area contributed by atoms with Crippen molar-refractivity contribution in [3.63, 3.8) is 0 Å². The van der Waals surface area contributed by atoms with Gasteiger partial charge in [-0.1, -0.05) is 0 Å². The summed E-state index contributed by atoms with van der Waals surface area (Å²) in [5, 5.41) is 20.4. The number of tetrazole rings is 1. The van der Waals surface area contributed by atoms with Crippen molar-refractivity contribution in [1.82, 2.24) is 20.2 Å². The molecule has 1 unspecified atom stereocenters. The fourth-order valence-electron chi connectivity index (χ4n) is 1.80. The third-order valence-corrected chi connectivity index (χ3v) is 4.18. The molecule has 0 fully saturated rings. The summed E-state index contributed by atoms with van der Waals surface area (Å²) in [4.78, 5) is 12.9. The van der Waals surface area contributed by atoms with Gasteiger partial charge in [-0.05, 0) is 35.9 Å². The lowest BCUT2D eigenvalue weighted by molar-refractivity contribution is -0.139. The van der Waals surface area contributed by atoms with Crippen LogP contribution >= 0.6 is 11.3 Å². The van der Waals surface area contributed by atoms with Crippen LogP contribution in [-0.4, -0.2) is 44.5 Å². The van der Waals surface area contributed by atoms with Crippen molar-refractivity contribution in [1.29, 1.82) is 0 Å². The van der Waals surface area contributed by atoms with Crippen LogP contribution in [0.15, 0.2) is 6.07 Å². The van der Waals surface area contributed by atoms with Gasteiger partial charge in [0.15, 0.2) is 5.82 Å². The molecule has 0 aliphatic carbocycles. The smallest absolute Gasteiger partial charge is 0.306 e. The number of aromatic nitrogens is 4. The van der Waals surface area contributed by atoms with Crippen molar-refractivity contribution in [2.75, 3.05) is 7.11 Å². The first kappa shape index (κ1) is 14.6. The molecule has 0 radical (unpaired) electrons. The van der Waals surface area contributed by atoms with Gasteiger partial charge < -0.3 is 9.84 Å². The van der Waals surface area contributed by atoms with Crippen molar-refractivity contribution < 1.29 is 14.6 Å². The normalized spacial score (nSPS) is 12.6. The summed E-state index contributed by atoms with van der Waals surface area (Å²) in [6.07, 6.45) is -0.546. The van der Waals surface area contributed by atoms with Crippen molar-refractivity contribution in [3.8, 4) is 10.7 Å². The van der Waals surface area contributed by atoms with Crippen LogP contribution in [0.4, 0.5) is 0 Å². The number of methoxy groups -OCH3 is 1. The van der Waals surface area contributed by atoms with Crippen LogP contribution in [0.25, 0.3) is 10.7 Å². The first-order valence-electron chi connectivity index (χ1n) is 6.09. The predicted molar refractivity (Wildman–Crippen MR) is 73.7 cm³/mol. The number of rotatable bonds is 6. The molecule has 0 aliphatic rings. The fourth-order valence-corrected chi connectivity index (χ4v) is 2.82. The first-order chi connectivity index (χ1) is 9.51. The van der Waals surface area contributed by atoms with Gasteiger partial charge in [-0.3, -0.25) is 4.79 Å². The number of carboxylic acid groups (broad SMARTS) is 1. The number of hydrogen-bond donors (Lipinski definition) is 1. The zero-order valence-corrected chi connectivity index (χ0v) is 12.3. The van der Waals surface area contributed by atoms with Gasteiger partial charge in [0, 0.05) is 12.0 Å². The van der Waals surface area contributed by atoms with E-state index in [2.05, 4.69) is 15.5 Å². The molecule has 2 heterocycles. The average Bonchev–Trinajstić information content (AvgIpc) is 2.96. The Morgan fingerprint density at radius 1 is 1.55 bits per heavy atom. The summed E-state index contributed by atoms with van der Waals surface area (Å²) in [6.45, 7) is 4.38. The monoisotopic (exact) mass is 296 g/mol. The van der Waals surface area contributed by atoms with Crippen LogP contribution in [0.2, 0.25) is 0 Å². The second kappa shape index (κ2) is 6.10. The van der Waals surface area contributed by atoms with Crippen LogP contribution in [0.1, 0.15) is 16.9 Å². The summed E-state index contributed by atoms with van der Waals surface area (Å²) in [5.74, 6) is -0.270. The highest BCUT2D eigenvalue weighted by atomic mass is 32.1. The molecule has 1 atom stereocenters. The lowest BCUT2D eigenvalue weighted by Gasteiger charge is -2.13. The Labute approximate surface area is 120 Å². The van der Waals surface area contributed by atoms with Gasteiger partial charge in [0.25, 0.3) is 0 Å². The maximum Gasteiger partial charge on any atom is 0.306 e. The molecule has 0 saturated carbocycles. The second-order valence-corrected chi connectivity index (χ2v) is 5.75. The molecule has 2 rings (SSSR count). The van der Waals surface area contributed by atoms with Gasteiger partial charge in [0.1, 0.15) is 0 Å². The number of aliphatic carboxylic acids is 1. The van der Waals surface area contributed by atoms with E-state index in [1.807, 2.05) is 19.9 Å². The van der Waals surface area contributed by atoms with E-state index in [1.54, 1.807) is 16.0 Å². The maximum absolute atomic E-state index is 10.8. The molecular weight excluding hydrogens is 280 g/mol. The standard InChI is InChI=1S/C12H16N4O3S/c1-7-4-10(20-8(7)2)12-13-14-15-16(12)6-9(19-3)5-11(17)18/h4,9H,5-6H2,1-3H3,(H,17,18). The topological polar surface area (TPSA) is 90.1 Å². The van der Waals surface area contributed by atoms with E-state index >= 15 is 0 Å². The van der Waals surface area contributed by atoms with Gasteiger partial charge in [0.2, 0.25) is 0 Å². The van der Waals surface area contributed by atoms with Gasteiger partial charge in [-0.2, -0.15) is 0 Å². The van der Waals surface area contributed by atoms with Gasteiger partial charge in [0.05, 0.1) is 23.9 Å². The highest BCUT2D eigenvalue weighted by molar-refractivity contribution is 7.15. The Morgan fingerprint density at radius 3 is 2.85 bits per heavy atom. The summed E-state index contributed by atoms with van der Waals surface area (Å²) in [7, 11) is 1.48. The number of carbonyl (C=O) groups is 1. The molecule has 1 N–H and O–H groups in total. The summed E-state index contributed by atoms with van der Waals surface area (Å²) < 4.78 is 6.75. The second-order valence-electron chi connectivity index (χ2n) is 4.49. The van der Waals surface area contributed by atoms with Gasteiger partial charge in [-0.15, -0.1) is 16.4 Å². The number of nitrogens with zero attached hydrogens (tertiary/aromatic N) is 4. The third-order valence-electron chi connectivity index (χ3n) is 3.03. The predicted octanol–water partition coefficient (Wildman–Crippen LogP) is 1.51. The molecule has 0 aromatic carbocycles. The SMILES string of the molecule is COC(CC(=O)O)Cn1nnnc1-c1cc(C)c(C)s1. The molecule has 0 amide bonds. The minimum Gasteiger partial charge on any atom is -0.481 e. The Kier molecular flexibility index (Phi) is 4.46. The lowest BCUT2D eigenvalue weighted by Crippen LogP contribution is -2.23. The fraction of sp³-hybridized carbons (Fsp3) is 0.500. The van der Waals surface area contributed by atoms with E-state index in [9.17, 15) is 4.79 Å². The van der Waals surface area contributed by atoms with Crippen molar-refractivity contribution >= 4 is 17.3 Å². The van der Waals surface area contributed by atoms with Gasteiger partial charge >= 0.3 is 5.97 Å². The number of ether oxygens (including phenoxy) is 1. The van der Waals surface area contributed by atoms with E-state index in [0.717, 1.165) is 4.88 Å². The number of aryl methyl sites for hydroxylation is 2. The minimum atomic E-state index is -0.908. The quantitative estimate of drug-likeness (QED) is 0.869. The molecule has 108 valence electrons. The molecule has 2 aromatic heterocycles. The zero-order chi connectivity index (χ0) is 14.7. The Balaban J connectivity index is 2.22. The molecule has 2 aromatic rings. The van der Waals surface area contributed by atoms with Crippen LogP contribution in [0.3, 0.4) is 0 Å². The highest BCUT2D eigenvalue weighted by Gasteiger charge is 2.18. The minimum absolute atomic E-state index is 0.0850. The van der Waals surface area contributed by atoms with Crippen LogP contribution < -0.4 is 0 Å². The average molecular weight is 296 g/mol. The summed E-state index contributed by atoms with van der Waals surface area (Å²) in [5.41, 5.74) is 1.19. The first-order valence-corrected chi connectivity index (χ1v) is 6.91. The zero-order valence-electron chi connectivity index (χ0n) is 11.5. The van der Waals surface area contributed by atoms with Crippen LogP contribution in [0, 0.1) is 13.8 Å². The van der Waals surface area contributed by atoms with Crippen molar-refractivity contribution in [2.24, 2.45) is 0 Å². The van der Waals surface area contributed by atoms with E-state index in [0.29, 0.717) is 12.4 Å². The molecule has 0 saturated heterocycles. The van der Waals surface area contributed by atoms with Crippen LogP contribution in [-0.2, 0) is 16.1 Å². The molecule has 0 bridgehead atoms. The summed E-state index contributed by atoms with van der Waals surface area (Å²) >= 11 is 1.61. The summed E-state index contributed by atoms with van der Waals surface area (Å²) in [6, 6.07) is 2.03. The molecule has 0 spiro atoms. The van der Waals surface area contributed by atoms with Crippen LogP contribution in [0.5, 0.6) is 0 Å². The Bertz CT molecular complexity index is 588. The number of carboxylic acids is 1. The molecule has 0 aliphatic heterocycles. The van der Waals surface area contributed by atoms with Crippen molar-refractivity contribution in [3.05, 3.63) is 16.5 Å². The van der Waals surface area contributed by atoms with E-state index in [-0.39, 0.29) is 6.42 Å². The number of hydrogen-bond acceptors (Lipinski definition) is 6. The van der Waals surface area contributed by atoms with Gasteiger partial charge in [-0.25, -0.2) is 4.68 Å². The molecule has 7 nitrogen and oxygen atoms in total. The maximum atomic E-state index is 10.8. The van der Waals surface area contributed by atoms with Crippen molar-refractivity contribution in [2.45, 2.75) is 32.9 Å². The molecular formula is C12H16N4O3S. The van der Waals surface area contributed by atoms with E-state index < -0.39 is 12.1 Å². The molecule has 20 heavy (non-hydrogen) atoms. The van der Waals surface area contributed by atoms with E-state index in [1.165, 1.54) is 17.6 Å². The Hall–Kier alpha value is -1.80. The lowest BCUT2D eigenvalue weighted by atomic mass is 10.2. The molecule has 8 heteroatoms. The number of thiophene rings is 1.